The smallest absolute Gasteiger partial charge is 0.258 e. The second-order valence-electron chi connectivity index (χ2n) is 4.00. The Bertz CT molecular complexity index is 726. The number of aromatic nitrogens is 6. The molecule has 0 radical (unpaired) electrons. The van der Waals surface area contributed by atoms with E-state index in [4.69, 9.17) is 11.6 Å². The first-order valence-corrected chi connectivity index (χ1v) is 6.44. The first-order chi connectivity index (χ1) is 10.2. The molecule has 2 heterocycles. The van der Waals surface area contributed by atoms with E-state index >= 15 is 0 Å². The fourth-order valence-corrected chi connectivity index (χ4v) is 1.73. The highest BCUT2D eigenvalue weighted by Gasteiger charge is 2.08. The number of nitrogens with one attached hydrogen (secondary N) is 2. The Morgan fingerprint density at radius 1 is 1.05 bits per heavy atom. The molecule has 0 fully saturated rings. The van der Waals surface area contributed by atoms with E-state index in [0.29, 0.717) is 22.9 Å². The Labute approximate surface area is 125 Å². The van der Waals surface area contributed by atoms with Crippen LogP contribution in [0.2, 0.25) is 5.02 Å². The molecule has 2 N–H and O–H groups in total. The number of halogens is 1. The number of hydrogen-bond acceptors (Lipinski definition) is 7. The lowest BCUT2D eigenvalue weighted by Crippen LogP contribution is -2.09. The summed E-state index contributed by atoms with van der Waals surface area (Å²) >= 11 is 5.86. The van der Waals surface area contributed by atoms with Crippen LogP contribution < -0.4 is 10.6 Å². The van der Waals surface area contributed by atoms with Crippen molar-refractivity contribution in [1.82, 2.24) is 29.7 Å². The summed E-state index contributed by atoms with van der Waals surface area (Å²) < 4.78 is 1.45. The van der Waals surface area contributed by atoms with Crippen LogP contribution >= 0.6 is 11.6 Å². The first-order valence-electron chi connectivity index (χ1n) is 6.06. The topological polar surface area (TPSA) is 93.4 Å². The van der Waals surface area contributed by atoms with Crippen LogP contribution in [0.15, 0.2) is 36.9 Å². The summed E-state index contributed by atoms with van der Waals surface area (Å²) in [6.45, 7) is 0. The molecule has 0 aliphatic carbocycles. The van der Waals surface area contributed by atoms with Crippen molar-refractivity contribution in [2.45, 2.75) is 0 Å². The molecule has 0 aliphatic heterocycles. The lowest BCUT2D eigenvalue weighted by atomic mass is 10.3. The fraction of sp³-hybridized carbons (Fsp3) is 0.0833. The van der Waals surface area contributed by atoms with Crippen LogP contribution in [0.25, 0.3) is 5.95 Å². The van der Waals surface area contributed by atoms with Gasteiger partial charge in [0.2, 0.25) is 11.9 Å². The summed E-state index contributed by atoms with van der Waals surface area (Å²) in [7, 11) is 1.73. The number of benzene rings is 1. The predicted octanol–water partition coefficient (Wildman–Crippen LogP) is 1.89. The summed E-state index contributed by atoms with van der Waals surface area (Å²) in [5.41, 5.74) is 0.817. The highest BCUT2D eigenvalue weighted by atomic mass is 35.5. The van der Waals surface area contributed by atoms with E-state index in [1.54, 1.807) is 19.2 Å². The van der Waals surface area contributed by atoms with Gasteiger partial charge in [0.15, 0.2) is 0 Å². The van der Waals surface area contributed by atoms with Gasteiger partial charge in [-0.1, -0.05) is 11.6 Å². The Morgan fingerprint density at radius 2 is 1.81 bits per heavy atom. The zero-order valence-corrected chi connectivity index (χ0v) is 11.8. The van der Waals surface area contributed by atoms with Gasteiger partial charge in [-0.05, 0) is 24.3 Å². The molecule has 0 spiro atoms. The Balaban J connectivity index is 1.94. The largest absolute Gasteiger partial charge is 0.357 e. The van der Waals surface area contributed by atoms with Crippen molar-refractivity contribution >= 4 is 29.2 Å². The summed E-state index contributed by atoms with van der Waals surface area (Å²) in [4.78, 5) is 16.6. The Kier molecular flexibility index (Phi) is 3.61. The monoisotopic (exact) mass is 302 g/mol. The molecule has 0 atom stereocenters. The van der Waals surface area contributed by atoms with Crippen LogP contribution in [0.1, 0.15) is 0 Å². The summed E-state index contributed by atoms with van der Waals surface area (Å²) in [5, 5.41) is 10.6. The van der Waals surface area contributed by atoms with Crippen molar-refractivity contribution in [2.24, 2.45) is 0 Å². The molecule has 1 aromatic carbocycles. The molecule has 9 heteroatoms. The molecule has 0 bridgehead atoms. The second kappa shape index (κ2) is 5.71. The maximum Gasteiger partial charge on any atom is 0.258 e. The normalized spacial score (nSPS) is 10.4. The number of anilines is 3. The molecular formula is C12H11ClN8. The van der Waals surface area contributed by atoms with Crippen LogP contribution in [-0.4, -0.2) is 36.8 Å². The molecule has 0 unspecified atom stereocenters. The van der Waals surface area contributed by atoms with Crippen molar-refractivity contribution in [3.05, 3.63) is 41.9 Å². The average molecular weight is 303 g/mol. The van der Waals surface area contributed by atoms with Gasteiger partial charge in [-0.2, -0.15) is 24.7 Å². The van der Waals surface area contributed by atoms with E-state index in [1.807, 2.05) is 12.1 Å². The molecule has 0 amide bonds. The van der Waals surface area contributed by atoms with Gasteiger partial charge in [-0.15, -0.1) is 0 Å². The van der Waals surface area contributed by atoms with E-state index in [2.05, 4.69) is 35.7 Å². The number of nitrogens with zero attached hydrogens (tertiary/aromatic N) is 6. The molecule has 2 aromatic heterocycles. The van der Waals surface area contributed by atoms with Gasteiger partial charge in [-0.3, -0.25) is 0 Å². The van der Waals surface area contributed by atoms with Gasteiger partial charge in [0.25, 0.3) is 5.95 Å². The van der Waals surface area contributed by atoms with E-state index in [9.17, 15) is 0 Å². The standard InChI is InChI=1S/C12H11ClN8/c1-14-10-18-11(17-9-4-2-8(13)3-5-9)20-12(19-10)21-7-15-6-16-21/h2-7H,1H3,(H2,14,17,18,19,20). The fourth-order valence-electron chi connectivity index (χ4n) is 1.61. The quantitative estimate of drug-likeness (QED) is 0.760. The van der Waals surface area contributed by atoms with Crippen LogP contribution in [0.5, 0.6) is 0 Å². The highest BCUT2D eigenvalue weighted by Crippen LogP contribution is 2.17. The van der Waals surface area contributed by atoms with Crippen LogP contribution in [0, 0.1) is 0 Å². The molecule has 8 nitrogen and oxygen atoms in total. The van der Waals surface area contributed by atoms with Crippen molar-refractivity contribution in [2.75, 3.05) is 17.7 Å². The lowest BCUT2D eigenvalue weighted by Gasteiger charge is -2.08. The van der Waals surface area contributed by atoms with Crippen molar-refractivity contribution in [1.29, 1.82) is 0 Å². The SMILES string of the molecule is CNc1nc(Nc2ccc(Cl)cc2)nc(-n2cncn2)n1. The predicted molar refractivity (Wildman–Crippen MR) is 79.0 cm³/mol. The van der Waals surface area contributed by atoms with Gasteiger partial charge < -0.3 is 10.6 Å². The minimum absolute atomic E-state index is 0.364. The number of rotatable bonds is 4. The molecular weight excluding hydrogens is 292 g/mol. The number of hydrogen-bond donors (Lipinski definition) is 2. The van der Waals surface area contributed by atoms with Gasteiger partial charge >= 0.3 is 0 Å². The van der Waals surface area contributed by atoms with Crippen LogP contribution in [-0.2, 0) is 0 Å². The third-order valence-corrected chi connectivity index (χ3v) is 2.82. The van der Waals surface area contributed by atoms with Crippen molar-refractivity contribution < 1.29 is 0 Å². The van der Waals surface area contributed by atoms with Gasteiger partial charge in [-0.25, -0.2) is 4.98 Å². The van der Waals surface area contributed by atoms with Gasteiger partial charge in [0.1, 0.15) is 12.7 Å². The molecule has 0 aliphatic rings. The lowest BCUT2D eigenvalue weighted by molar-refractivity contribution is 0.798. The summed E-state index contributed by atoms with van der Waals surface area (Å²) in [6.07, 6.45) is 2.93. The minimum atomic E-state index is 0.364. The third kappa shape index (κ3) is 3.06. The molecule has 3 aromatic rings. The third-order valence-electron chi connectivity index (χ3n) is 2.57. The van der Waals surface area contributed by atoms with E-state index in [1.165, 1.54) is 17.3 Å². The van der Waals surface area contributed by atoms with E-state index < -0.39 is 0 Å². The molecule has 3 rings (SSSR count). The summed E-state index contributed by atoms with van der Waals surface area (Å²) in [6, 6.07) is 7.23. The second-order valence-corrected chi connectivity index (χ2v) is 4.44. The Hall–Kier alpha value is -2.74. The minimum Gasteiger partial charge on any atom is -0.357 e. The van der Waals surface area contributed by atoms with Crippen molar-refractivity contribution in [3.8, 4) is 5.95 Å². The first kappa shape index (κ1) is 13.3. The maximum absolute atomic E-state index is 5.86. The van der Waals surface area contributed by atoms with Crippen LogP contribution in [0.4, 0.5) is 17.6 Å². The highest BCUT2D eigenvalue weighted by molar-refractivity contribution is 6.30. The van der Waals surface area contributed by atoms with Gasteiger partial charge in [0.05, 0.1) is 0 Å². The van der Waals surface area contributed by atoms with Gasteiger partial charge in [0, 0.05) is 17.8 Å². The Morgan fingerprint density at radius 3 is 2.48 bits per heavy atom. The van der Waals surface area contributed by atoms with E-state index in [0.717, 1.165) is 5.69 Å². The molecule has 0 saturated heterocycles. The molecule has 0 saturated carbocycles. The molecule has 21 heavy (non-hydrogen) atoms. The van der Waals surface area contributed by atoms with Crippen molar-refractivity contribution in [3.63, 3.8) is 0 Å². The zero-order chi connectivity index (χ0) is 14.7. The van der Waals surface area contributed by atoms with E-state index in [-0.39, 0.29) is 0 Å². The molecule has 106 valence electrons. The van der Waals surface area contributed by atoms with Crippen LogP contribution in [0.3, 0.4) is 0 Å². The maximum atomic E-state index is 5.86. The zero-order valence-electron chi connectivity index (χ0n) is 11.0. The summed E-state index contributed by atoms with van der Waals surface area (Å²) in [5.74, 6) is 1.18. The average Bonchev–Trinajstić information content (AvgIpc) is 3.04.